The fraction of sp³-hybridized carbons (Fsp3) is 0.800. The summed E-state index contributed by atoms with van der Waals surface area (Å²) in [6.45, 7) is 10.3. The third-order valence-corrected chi connectivity index (χ3v) is 6.67. The van der Waals surface area contributed by atoms with Crippen molar-refractivity contribution in [2.75, 3.05) is 19.6 Å². The highest BCUT2D eigenvalue weighted by atomic mass is 32.1. The minimum absolute atomic E-state index is 0.507. The summed E-state index contributed by atoms with van der Waals surface area (Å²) < 4.78 is 0. The van der Waals surface area contributed by atoms with E-state index in [4.69, 9.17) is 4.99 Å². The summed E-state index contributed by atoms with van der Waals surface area (Å²) in [6, 6.07) is 1.32. The van der Waals surface area contributed by atoms with Crippen LogP contribution in [0.2, 0.25) is 0 Å². The van der Waals surface area contributed by atoms with Crippen molar-refractivity contribution in [3.63, 3.8) is 0 Å². The van der Waals surface area contributed by atoms with E-state index in [1.165, 1.54) is 56.4 Å². The molecule has 2 aliphatic rings. The number of hydrogen-bond donors (Lipinski definition) is 2. The lowest BCUT2D eigenvalue weighted by atomic mass is 9.92. The Balaban J connectivity index is 1.57. The summed E-state index contributed by atoms with van der Waals surface area (Å²) >= 11 is 1.76. The van der Waals surface area contributed by atoms with Gasteiger partial charge < -0.3 is 10.6 Å². The first kappa shape index (κ1) is 19.6. The molecule has 1 aromatic rings. The lowest BCUT2D eigenvalue weighted by Crippen LogP contribution is -2.53. The molecule has 0 amide bonds. The maximum Gasteiger partial charge on any atom is 0.191 e. The number of rotatable bonds is 5. The molecule has 0 spiro atoms. The Morgan fingerprint density at radius 1 is 1.19 bits per heavy atom. The number of guanidine groups is 1. The van der Waals surface area contributed by atoms with Gasteiger partial charge in [0.25, 0.3) is 0 Å². The molecule has 1 aliphatic carbocycles. The van der Waals surface area contributed by atoms with Crippen molar-refractivity contribution < 1.29 is 0 Å². The van der Waals surface area contributed by atoms with E-state index in [-0.39, 0.29) is 0 Å². The van der Waals surface area contributed by atoms with Crippen LogP contribution in [0.5, 0.6) is 0 Å². The standard InChI is InChI=1S/C20H35N5S/c1-4-21-20(22-13-19-15(2)23-16(3)26-19)24-17-9-8-12-25(14-17)18-10-6-5-7-11-18/h17-18H,4-14H2,1-3H3,(H2,21,22,24). The van der Waals surface area contributed by atoms with Crippen LogP contribution in [0.25, 0.3) is 0 Å². The third-order valence-electron chi connectivity index (χ3n) is 5.61. The summed E-state index contributed by atoms with van der Waals surface area (Å²) in [5, 5.41) is 8.26. The summed E-state index contributed by atoms with van der Waals surface area (Å²) in [4.78, 5) is 13.4. The second-order valence-electron chi connectivity index (χ2n) is 7.71. The minimum Gasteiger partial charge on any atom is -0.357 e. The first-order valence-electron chi connectivity index (χ1n) is 10.4. The number of nitrogens with one attached hydrogen (secondary N) is 2. The van der Waals surface area contributed by atoms with Crippen molar-refractivity contribution in [2.24, 2.45) is 4.99 Å². The van der Waals surface area contributed by atoms with Gasteiger partial charge in [-0.25, -0.2) is 9.98 Å². The average molecular weight is 378 g/mol. The molecule has 1 saturated heterocycles. The van der Waals surface area contributed by atoms with Gasteiger partial charge in [-0.3, -0.25) is 4.90 Å². The highest BCUT2D eigenvalue weighted by Crippen LogP contribution is 2.25. The highest BCUT2D eigenvalue weighted by Gasteiger charge is 2.27. The minimum atomic E-state index is 0.507. The predicted molar refractivity (Wildman–Crippen MR) is 111 cm³/mol. The van der Waals surface area contributed by atoms with Gasteiger partial charge in [0, 0.05) is 30.1 Å². The van der Waals surface area contributed by atoms with E-state index in [9.17, 15) is 0 Å². The Morgan fingerprint density at radius 3 is 2.69 bits per heavy atom. The maximum absolute atomic E-state index is 4.84. The molecule has 3 rings (SSSR count). The number of thiazole rings is 1. The van der Waals surface area contributed by atoms with Gasteiger partial charge in [-0.05, 0) is 53.0 Å². The van der Waals surface area contributed by atoms with E-state index < -0.39 is 0 Å². The Bertz CT molecular complexity index is 591. The second-order valence-corrected chi connectivity index (χ2v) is 8.99. The normalized spacial score (nSPS) is 23.2. The molecule has 1 unspecified atom stereocenters. The fourth-order valence-electron chi connectivity index (χ4n) is 4.29. The molecule has 1 saturated carbocycles. The first-order valence-corrected chi connectivity index (χ1v) is 11.2. The number of piperidine rings is 1. The van der Waals surface area contributed by atoms with E-state index in [0.29, 0.717) is 12.6 Å². The Labute approximate surface area is 162 Å². The number of likely N-dealkylation sites (tertiary alicyclic amines) is 1. The average Bonchev–Trinajstić information content (AvgIpc) is 2.98. The smallest absolute Gasteiger partial charge is 0.191 e. The predicted octanol–water partition coefficient (Wildman–Crippen LogP) is 3.61. The number of hydrogen-bond acceptors (Lipinski definition) is 4. The number of nitrogens with zero attached hydrogens (tertiary/aromatic N) is 3. The van der Waals surface area contributed by atoms with Gasteiger partial charge in [0.15, 0.2) is 5.96 Å². The molecule has 0 radical (unpaired) electrons. The number of aromatic nitrogens is 1. The van der Waals surface area contributed by atoms with Crippen LogP contribution in [0.1, 0.15) is 67.4 Å². The van der Waals surface area contributed by atoms with Crippen LogP contribution in [0, 0.1) is 13.8 Å². The van der Waals surface area contributed by atoms with E-state index in [1.807, 2.05) is 0 Å². The van der Waals surface area contributed by atoms with Gasteiger partial charge in [-0.2, -0.15) is 0 Å². The van der Waals surface area contributed by atoms with Crippen LogP contribution in [0.3, 0.4) is 0 Å². The maximum atomic E-state index is 4.84. The lowest BCUT2D eigenvalue weighted by molar-refractivity contribution is 0.115. The molecule has 1 aromatic heterocycles. The molecular formula is C20H35N5S. The van der Waals surface area contributed by atoms with Gasteiger partial charge in [-0.15, -0.1) is 11.3 Å². The van der Waals surface area contributed by atoms with E-state index in [2.05, 4.69) is 41.3 Å². The largest absolute Gasteiger partial charge is 0.357 e. The summed E-state index contributed by atoms with van der Waals surface area (Å²) in [7, 11) is 0. The quantitative estimate of drug-likeness (QED) is 0.608. The lowest BCUT2D eigenvalue weighted by Gasteiger charge is -2.40. The second kappa shape index (κ2) is 9.70. The molecule has 1 atom stereocenters. The van der Waals surface area contributed by atoms with Crippen LogP contribution in [-0.2, 0) is 6.54 Å². The van der Waals surface area contributed by atoms with Gasteiger partial charge in [0.05, 0.1) is 17.2 Å². The van der Waals surface area contributed by atoms with Gasteiger partial charge in [0.2, 0.25) is 0 Å². The van der Waals surface area contributed by atoms with Crippen molar-refractivity contribution >= 4 is 17.3 Å². The Hall–Kier alpha value is -1.14. The van der Waals surface area contributed by atoms with Gasteiger partial charge in [0.1, 0.15) is 0 Å². The summed E-state index contributed by atoms with van der Waals surface area (Å²) in [5.41, 5.74) is 1.12. The molecular weight excluding hydrogens is 342 g/mol. The topological polar surface area (TPSA) is 52.6 Å². The molecule has 26 heavy (non-hydrogen) atoms. The number of aryl methyl sites for hydroxylation is 2. The zero-order valence-corrected chi connectivity index (χ0v) is 17.5. The van der Waals surface area contributed by atoms with Crippen molar-refractivity contribution in [2.45, 2.75) is 84.3 Å². The molecule has 5 nitrogen and oxygen atoms in total. The highest BCUT2D eigenvalue weighted by molar-refractivity contribution is 7.11. The molecule has 1 aliphatic heterocycles. The molecule has 146 valence electrons. The molecule has 0 bridgehead atoms. The van der Waals surface area contributed by atoms with Crippen molar-refractivity contribution in [3.8, 4) is 0 Å². The zero-order valence-electron chi connectivity index (χ0n) is 16.7. The van der Waals surface area contributed by atoms with Crippen LogP contribution in [-0.4, -0.2) is 47.6 Å². The summed E-state index contributed by atoms with van der Waals surface area (Å²) in [5.74, 6) is 0.952. The zero-order chi connectivity index (χ0) is 18.4. The Morgan fingerprint density at radius 2 is 2.00 bits per heavy atom. The molecule has 0 aromatic carbocycles. The molecule has 6 heteroatoms. The molecule has 2 fully saturated rings. The SMILES string of the molecule is CCNC(=NCc1sc(C)nc1C)NC1CCCN(C2CCCCC2)C1. The Kier molecular flexibility index (Phi) is 7.32. The third kappa shape index (κ3) is 5.43. The van der Waals surface area contributed by atoms with E-state index >= 15 is 0 Å². The van der Waals surface area contributed by atoms with Crippen LogP contribution in [0.15, 0.2) is 4.99 Å². The summed E-state index contributed by atoms with van der Waals surface area (Å²) in [6.07, 6.45) is 9.58. The van der Waals surface area contributed by atoms with E-state index in [0.717, 1.165) is 35.8 Å². The van der Waals surface area contributed by atoms with E-state index in [1.54, 1.807) is 11.3 Å². The number of aliphatic imine (C=N–C) groups is 1. The monoisotopic (exact) mass is 377 g/mol. The molecule has 2 N–H and O–H groups in total. The van der Waals surface area contributed by atoms with Crippen molar-refractivity contribution in [1.29, 1.82) is 0 Å². The van der Waals surface area contributed by atoms with Gasteiger partial charge in [-0.1, -0.05) is 19.3 Å². The van der Waals surface area contributed by atoms with Crippen LogP contribution < -0.4 is 10.6 Å². The molecule has 2 heterocycles. The van der Waals surface area contributed by atoms with Gasteiger partial charge >= 0.3 is 0 Å². The van der Waals surface area contributed by atoms with Crippen LogP contribution in [0.4, 0.5) is 0 Å². The fourth-order valence-corrected chi connectivity index (χ4v) is 5.15. The van der Waals surface area contributed by atoms with Crippen molar-refractivity contribution in [3.05, 3.63) is 15.6 Å². The van der Waals surface area contributed by atoms with Crippen molar-refractivity contribution in [1.82, 2.24) is 20.5 Å². The van der Waals surface area contributed by atoms with Crippen LogP contribution >= 0.6 is 11.3 Å². The first-order chi connectivity index (χ1) is 12.7.